The number of nitrogens with zero attached hydrogens (tertiary/aromatic N) is 4. The summed E-state index contributed by atoms with van der Waals surface area (Å²) >= 11 is 0. The van der Waals surface area contributed by atoms with E-state index in [9.17, 15) is 13.6 Å². The van der Waals surface area contributed by atoms with Gasteiger partial charge in [0, 0.05) is 36.8 Å². The van der Waals surface area contributed by atoms with Crippen LogP contribution in [0.4, 0.5) is 13.6 Å². The van der Waals surface area contributed by atoms with Crippen LogP contribution in [0.2, 0.25) is 0 Å². The van der Waals surface area contributed by atoms with E-state index >= 15 is 0 Å². The standard InChI is InChI=1S/C20H19F2N5O2/c1-12-17(3-2-6-23-12)29-20(28)27-7-4-13(5-8-27)18-24-19(26-25-18)14-9-15(21)11-16(22)10-14/h2-3,6,9-11,13H,4-5,7-8H2,1H3,(H,24,25,26). The van der Waals surface area contributed by atoms with Crippen LogP contribution in [-0.2, 0) is 0 Å². The molecule has 0 bridgehead atoms. The molecule has 9 heteroatoms. The maximum absolute atomic E-state index is 13.4. The molecule has 4 rings (SSSR count). The van der Waals surface area contributed by atoms with Crippen LogP contribution >= 0.6 is 0 Å². The lowest BCUT2D eigenvalue weighted by atomic mass is 9.96. The van der Waals surface area contributed by atoms with Crippen LogP contribution in [0.25, 0.3) is 11.4 Å². The Morgan fingerprint density at radius 3 is 2.62 bits per heavy atom. The summed E-state index contributed by atoms with van der Waals surface area (Å²) in [5.41, 5.74) is 0.927. The molecular formula is C20H19F2N5O2. The number of nitrogens with one attached hydrogen (secondary N) is 1. The molecule has 1 amide bonds. The van der Waals surface area contributed by atoms with Gasteiger partial charge in [-0.25, -0.2) is 18.6 Å². The number of aromatic amines is 1. The number of benzene rings is 1. The van der Waals surface area contributed by atoms with Crippen molar-refractivity contribution in [2.45, 2.75) is 25.7 Å². The Labute approximate surface area is 165 Å². The fourth-order valence-corrected chi connectivity index (χ4v) is 3.34. The van der Waals surface area contributed by atoms with E-state index in [2.05, 4.69) is 20.2 Å². The molecule has 0 unspecified atom stereocenters. The molecule has 1 aliphatic heterocycles. The highest BCUT2D eigenvalue weighted by Crippen LogP contribution is 2.28. The lowest BCUT2D eigenvalue weighted by molar-refractivity contribution is 0.137. The Morgan fingerprint density at radius 1 is 1.21 bits per heavy atom. The third kappa shape index (κ3) is 4.23. The van der Waals surface area contributed by atoms with Crippen molar-refractivity contribution in [3.8, 4) is 17.1 Å². The maximum Gasteiger partial charge on any atom is 0.415 e. The van der Waals surface area contributed by atoms with Crippen molar-refractivity contribution in [3.63, 3.8) is 0 Å². The average Bonchev–Trinajstić information content (AvgIpc) is 3.19. The number of aryl methyl sites for hydroxylation is 1. The summed E-state index contributed by atoms with van der Waals surface area (Å²) in [4.78, 5) is 22.5. The summed E-state index contributed by atoms with van der Waals surface area (Å²) in [6, 6.07) is 6.61. The van der Waals surface area contributed by atoms with Crippen molar-refractivity contribution in [3.05, 3.63) is 59.7 Å². The second-order valence-corrected chi connectivity index (χ2v) is 6.92. The van der Waals surface area contributed by atoms with Crippen LogP contribution < -0.4 is 4.74 Å². The van der Waals surface area contributed by atoms with Gasteiger partial charge in [0.1, 0.15) is 17.5 Å². The Morgan fingerprint density at radius 2 is 1.93 bits per heavy atom. The van der Waals surface area contributed by atoms with E-state index in [1.807, 2.05) is 0 Å². The van der Waals surface area contributed by atoms with Gasteiger partial charge in [-0.05, 0) is 44.0 Å². The van der Waals surface area contributed by atoms with Gasteiger partial charge < -0.3 is 9.64 Å². The minimum absolute atomic E-state index is 0.0684. The van der Waals surface area contributed by atoms with Crippen LogP contribution in [0.1, 0.15) is 30.3 Å². The van der Waals surface area contributed by atoms with Crippen molar-refractivity contribution < 1.29 is 18.3 Å². The first-order valence-corrected chi connectivity index (χ1v) is 9.27. The zero-order valence-electron chi connectivity index (χ0n) is 15.7. The zero-order valence-corrected chi connectivity index (χ0v) is 15.7. The first-order chi connectivity index (χ1) is 14.0. The summed E-state index contributed by atoms with van der Waals surface area (Å²) in [6.45, 7) is 2.79. The monoisotopic (exact) mass is 399 g/mol. The van der Waals surface area contributed by atoms with E-state index in [1.54, 1.807) is 30.2 Å². The summed E-state index contributed by atoms with van der Waals surface area (Å²) < 4.78 is 32.3. The van der Waals surface area contributed by atoms with E-state index in [0.29, 0.717) is 43.2 Å². The molecule has 3 heterocycles. The van der Waals surface area contributed by atoms with E-state index in [1.165, 1.54) is 12.1 Å². The molecule has 0 atom stereocenters. The molecule has 150 valence electrons. The van der Waals surface area contributed by atoms with E-state index < -0.39 is 17.7 Å². The SMILES string of the molecule is Cc1ncccc1OC(=O)N1CCC(c2nc(-c3cc(F)cc(F)c3)n[nH]2)CC1. The lowest BCUT2D eigenvalue weighted by Gasteiger charge is -2.30. The number of carbonyl (C=O) groups is 1. The van der Waals surface area contributed by atoms with Gasteiger partial charge in [0.2, 0.25) is 0 Å². The van der Waals surface area contributed by atoms with Gasteiger partial charge in [-0.2, -0.15) is 5.10 Å². The first-order valence-electron chi connectivity index (χ1n) is 9.27. The Balaban J connectivity index is 1.38. The molecule has 1 saturated heterocycles. The number of likely N-dealkylation sites (tertiary alicyclic amines) is 1. The van der Waals surface area contributed by atoms with Gasteiger partial charge in [0.25, 0.3) is 0 Å². The predicted molar refractivity (Wildman–Crippen MR) is 100 cm³/mol. The minimum atomic E-state index is -0.679. The van der Waals surface area contributed by atoms with Gasteiger partial charge in [-0.15, -0.1) is 0 Å². The predicted octanol–water partition coefficient (Wildman–Crippen LogP) is 3.83. The van der Waals surface area contributed by atoms with E-state index in [-0.39, 0.29) is 17.3 Å². The maximum atomic E-state index is 13.4. The number of pyridine rings is 1. The summed E-state index contributed by atoms with van der Waals surface area (Å²) in [7, 11) is 0. The molecule has 1 N–H and O–H groups in total. The van der Waals surface area contributed by atoms with Crippen LogP contribution in [-0.4, -0.2) is 44.2 Å². The van der Waals surface area contributed by atoms with Gasteiger partial charge in [-0.1, -0.05) is 0 Å². The van der Waals surface area contributed by atoms with Crippen molar-refractivity contribution in [1.82, 2.24) is 25.1 Å². The summed E-state index contributed by atoms with van der Waals surface area (Å²) in [6.07, 6.45) is 2.58. The lowest BCUT2D eigenvalue weighted by Crippen LogP contribution is -2.39. The Bertz CT molecular complexity index is 1010. The molecule has 2 aromatic heterocycles. The van der Waals surface area contributed by atoms with Crippen molar-refractivity contribution in [2.24, 2.45) is 0 Å². The van der Waals surface area contributed by atoms with Crippen LogP contribution in [0, 0.1) is 18.6 Å². The fraction of sp³-hybridized carbons (Fsp3) is 0.300. The Kier molecular flexibility index (Phi) is 5.20. The largest absolute Gasteiger partial charge is 0.415 e. The molecule has 1 aliphatic rings. The summed E-state index contributed by atoms with van der Waals surface area (Å²) in [5.74, 6) is 0.0396. The number of carbonyl (C=O) groups excluding carboxylic acids is 1. The quantitative estimate of drug-likeness (QED) is 0.724. The molecule has 1 fully saturated rings. The number of aromatic nitrogens is 4. The molecule has 1 aromatic carbocycles. The fourth-order valence-electron chi connectivity index (χ4n) is 3.34. The number of hydrogen-bond acceptors (Lipinski definition) is 5. The minimum Gasteiger partial charge on any atom is -0.408 e. The zero-order chi connectivity index (χ0) is 20.4. The second-order valence-electron chi connectivity index (χ2n) is 6.92. The van der Waals surface area contributed by atoms with Crippen molar-refractivity contribution in [2.75, 3.05) is 13.1 Å². The van der Waals surface area contributed by atoms with Crippen LogP contribution in [0.15, 0.2) is 36.5 Å². The van der Waals surface area contributed by atoms with Crippen LogP contribution in [0.5, 0.6) is 5.75 Å². The highest BCUT2D eigenvalue weighted by atomic mass is 19.1. The number of rotatable bonds is 3. The smallest absolute Gasteiger partial charge is 0.408 e. The molecule has 0 spiro atoms. The molecular weight excluding hydrogens is 380 g/mol. The average molecular weight is 399 g/mol. The number of hydrogen-bond donors (Lipinski definition) is 1. The second kappa shape index (κ2) is 7.94. The highest BCUT2D eigenvalue weighted by Gasteiger charge is 2.27. The molecule has 3 aromatic rings. The third-order valence-electron chi connectivity index (χ3n) is 4.92. The molecule has 29 heavy (non-hydrogen) atoms. The van der Waals surface area contributed by atoms with Crippen LogP contribution in [0.3, 0.4) is 0 Å². The molecule has 0 saturated carbocycles. The normalized spacial score (nSPS) is 14.8. The number of amides is 1. The van der Waals surface area contributed by atoms with E-state index in [0.717, 1.165) is 6.07 Å². The third-order valence-corrected chi connectivity index (χ3v) is 4.92. The number of piperidine rings is 1. The van der Waals surface area contributed by atoms with Gasteiger partial charge in [0.15, 0.2) is 11.6 Å². The van der Waals surface area contributed by atoms with E-state index in [4.69, 9.17) is 4.74 Å². The first kappa shape index (κ1) is 19.0. The van der Waals surface area contributed by atoms with Crippen molar-refractivity contribution >= 4 is 6.09 Å². The van der Waals surface area contributed by atoms with Gasteiger partial charge in [-0.3, -0.25) is 10.1 Å². The number of ether oxygens (including phenoxy) is 1. The van der Waals surface area contributed by atoms with Gasteiger partial charge in [0.05, 0.1) is 5.69 Å². The molecule has 0 aliphatic carbocycles. The van der Waals surface area contributed by atoms with Gasteiger partial charge >= 0.3 is 6.09 Å². The highest BCUT2D eigenvalue weighted by molar-refractivity contribution is 5.71. The summed E-state index contributed by atoms with van der Waals surface area (Å²) in [5, 5.41) is 6.94. The van der Waals surface area contributed by atoms with Crippen molar-refractivity contribution in [1.29, 1.82) is 0 Å². The topological polar surface area (TPSA) is 84.0 Å². The molecule has 0 radical (unpaired) electrons. The molecule has 7 nitrogen and oxygen atoms in total. The number of H-pyrrole nitrogens is 1. The Hall–Kier alpha value is -3.36. The number of halogens is 2.